The summed E-state index contributed by atoms with van der Waals surface area (Å²) in [7, 11) is 0. The Morgan fingerprint density at radius 2 is 2.07 bits per heavy atom. The topological polar surface area (TPSA) is 36.4 Å². The van der Waals surface area contributed by atoms with Gasteiger partial charge in [0.25, 0.3) is 0 Å². The van der Waals surface area contributed by atoms with E-state index in [2.05, 4.69) is 22.5 Å². The van der Waals surface area contributed by atoms with Crippen LogP contribution in [0.5, 0.6) is 0 Å². The second-order valence-electron chi connectivity index (χ2n) is 4.49. The highest BCUT2D eigenvalue weighted by Gasteiger charge is 2.21. The molecule has 3 nitrogen and oxygen atoms in total. The molecule has 1 atom stereocenters. The highest BCUT2D eigenvalue weighted by Crippen LogP contribution is 2.26. The fourth-order valence-corrected chi connectivity index (χ4v) is 2.46. The van der Waals surface area contributed by atoms with Crippen LogP contribution >= 0.6 is 24.0 Å². The molecule has 0 bridgehead atoms. The summed E-state index contributed by atoms with van der Waals surface area (Å²) in [4.78, 5) is 4.36. The van der Waals surface area contributed by atoms with Crippen molar-refractivity contribution >= 4 is 29.9 Å². The Hall–Kier alpha value is 0. The van der Waals surface area contributed by atoms with Crippen LogP contribution in [0.25, 0.3) is 0 Å². The molecule has 0 aromatic rings. The third kappa shape index (κ3) is 3.81. The zero-order valence-electron chi connectivity index (χ0n) is 9.46. The lowest BCUT2D eigenvalue weighted by molar-refractivity contribution is 0.301. The minimum absolute atomic E-state index is 0. The van der Waals surface area contributed by atoms with Crippen LogP contribution in [-0.4, -0.2) is 25.1 Å². The van der Waals surface area contributed by atoms with Crippen LogP contribution < -0.4 is 10.6 Å². The van der Waals surface area contributed by atoms with Gasteiger partial charge in [0.2, 0.25) is 0 Å². The molecule has 88 valence electrons. The summed E-state index contributed by atoms with van der Waals surface area (Å²) in [6, 6.07) is 0.583. The lowest BCUT2D eigenvalue weighted by atomic mass is 9.85. The zero-order chi connectivity index (χ0) is 9.80. The molecule has 0 spiro atoms. The molecule has 1 fully saturated rings. The predicted molar refractivity (Wildman–Crippen MR) is 74.9 cm³/mol. The maximum absolute atomic E-state index is 4.36. The molecule has 1 heterocycles. The van der Waals surface area contributed by atoms with Crippen LogP contribution in [0.3, 0.4) is 0 Å². The minimum Gasteiger partial charge on any atom is -0.355 e. The molecule has 4 heteroatoms. The first kappa shape index (κ1) is 13.1. The van der Waals surface area contributed by atoms with E-state index in [1.54, 1.807) is 0 Å². The maximum Gasteiger partial charge on any atom is 0.191 e. The van der Waals surface area contributed by atoms with E-state index in [1.807, 2.05) is 0 Å². The Kier molecular flexibility index (Phi) is 5.71. The number of guanidine groups is 1. The first-order valence-electron chi connectivity index (χ1n) is 5.91. The first-order valence-corrected chi connectivity index (χ1v) is 5.91. The van der Waals surface area contributed by atoms with Gasteiger partial charge in [0.15, 0.2) is 5.96 Å². The molecule has 2 rings (SSSR count). The summed E-state index contributed by atoms with van der Waals surface area (Å²) < 4.78 is 0. The SMILES string of the molecule is C[C@H](NC1=NCCN1)C1CCCCC1.I. The monoisotopic (exact) mass is 323 g/mol. The molecule has 0 amide bonds. The Morgan fingerprint density at radius 3 is 2.67 bits per heavy atom. The number of halogens is 1. The molecule has 0 radical (unpaired) electrons. The van der Waals surface area contributed by atoms with Gasteiger partial charge >= 0.3 is 0 Å². The Balaban J connectivity index is 0.00000112. The van der Waals surface area contributed by atoms with Crippen molar-refractivity contribution < 1.29 is 0 Å². The first-order chi connectivity index (χ1) is 6.86. The van der Waals surface area contributed by atoms with Crippen molar-refractivity contribution in [3.05, 3.63) is 0 Å². The van der Waals surface area contributed by atoms with Crippen LogP contribution in [0.1, 0.15) is 39.0 Å². The lowest BCUT2D eigenvalue weighted by Gasteiger charge is -2.28. The number of hydrogen-bond donors (Lipinski definition) is 2. The summed E-state index contributed by atoms with van der Waals surface area (Å²) in [5.41, 5.74) is 0. The number of rotatable bonds is 2. The molecule has 2 aliphatic rings. The minimum atomic E-state index is 0. The third-order valence-electron chi connectivity index (χ3n) is 3.40. The van der Waals surface area contributed by atoms with Crippen molar-refractivity contribution in [3.63, 3.8) is 0 Å². The summed E-state index contributed by atoms with van der Waals surface area (Å²) in [5.74, 6) is 1.87. The van der Waals surface area contributed by atoms with Crippen molar-refractivity contribution in [1.29, 1.82) is 0 Å². The van der Waals surface area contributed by atoms with Crippen LogP contribution in [0.2, 0.25) is 0 Å². The molecular formula is C11H22IN3. The zero-order valence-corrected chi connectivity index (χ0v) is 11.8. The standard InChI is InChI=1S/C11H21N3.HI/c1-9(10-5-3-2-4-6-10)14-11-12-7-8-13-11;/h9-10H,2-8H2,1H3,(H2,12,13,14);1H/t9-;/m0./s1. The van der Waals surface area contributed by atoms with Gasteiger partial charge in [-0.1, -0.05) is 19.3 Å². The summed E-state index contributed by atoms with van der Waals surface area (Å²) in [6.07, 6.45) is 7.04. The van der Waals surface area contributed by atoms with E-state index in [0.29, 0.717) is 6.04 Å². The Bertz CT molecular complexity index is 212. The quantitative estimate of drug-likeness (QED) is 0.764. The van der Waals surface area contributed by atoms with Crippen LogP contribution in [0, 0.1) is 5.92 Å². The highest BCUT2D eigenvalue weighted by molar-refractivity contribution is 14.0. The number of hydrogen-bond acceptors (Lipinski definition) is 3. The summed E-state index contributed by atoms with van der Waals surface area (Å²) >= 11 is 0. The molecular weight excluding hydrogens is 301 g/mol. The van der Waals surface area contributed by atoms with Gasteiger partial charge in [-0.05, 0) is 25.7 Å². The van der Waals surface area contributed by atoms with Crippen molar-refractivity contribution in [2.75, 3.05) is 13.1 Å². The largest absolute Gasteiger partial charge is 0.355 e. The van der Waals surface area contributed by atoms with Crippen LogP contribution in [-0.2, 0) is 0 Å². The van der Waals surface area contributed by atoms with Crippen molar-refractivity contribution in [2.24, 2.45) is 10.9 Å². The summed E-state index contributed by atoms with van der Waals surface area (Å²) in [5, 5.41) is 6.75. The fourth-order valence-electron chi connectivity index (χ4n) is 2.46. The van der Waals surface area contributed by atoms with E-state index >= 15 is 0 Å². The maximum atomic E-state index is 4.36. The van der Waals surface area contributed by atoms with E-state index in [4.69, 9.17) is 0 Å². The smallest absolute Gasteiger partial charge is 0.191 e. The molecule has 0 unspecified atom stereocenters. The predicted octanol–water partition coefficient (Wildman–Crippen LogP) is 2.12. The normalized spacial score (nSPS) is 23.7. The number of nitrogens with one attached hydrogen (secondary N) is 2. The van der Waals surface area contributed by atoms with Gasteiger partial charge in [-0.2, -0.15) is 0 Å². The van der Waals surface area contributed by atoms with Gasteiger partial charge in [-0.15, -0.1) is 24.0 Å². The molecule has 1 aliphatic heterocycles. The number of aliphatic imine (C=N–C) groups is 1. The molecule has 1 saturated carbocycles. The lowest BCUT2D eigenvalue weighted by Crippen LogP contribution is -2.43. The molecule has 2 N–H and O–H groups in total. The van der Waals surface area contributed by atoms with E-state index in [0.717, 1.165) is 25.0 Å². The van der Waals surface area contributed by atoms with Crippen molar-refractivity contribution in [1.82, 2.24) is 10.6 Å². The van der Waals surface area contributed by atoms with E-state index in [-0.39, 0.29) is 24.0 Å². The molecule has 0 saturated heterocycles. The fraction of sp³-hybridized carbons (Fsp3) is 0.909. The van der Waals surface area contributed by atoms with Gasteiger partial charge in [-0.25, -0.2) is 0 Å². The molecule has 0 aromatic carbocycles. The average molecular weight is 323 g/mol. The van der Waals surface area contributed by atoms with Crippen molar-refractivity contribution in [2.45, 2.75) is 45.1 Å². The average Bonchev–Trinajstić information content (AvgIpc) is 2.72. The second kappa shape index (κ2) is 6.55. The van der Waals surface area contributed by atoms with Gasteiger partial charge < -0.3 is 10.6 Å². The van der Waals surface area contributed by atoms with Crippen LogP contribution in [0.4, 0.5) is 0 Å². The Morgan fingerprint density at radius 1 is 1.33 bits per heavy atom. The van der Waals surface area contributed by atoms with Gasteiger partial charge in [0.1, 0.15) is 0 Å². The number of nitrogens with zero attached hydrogens (tertiary/aromatic N) is 1. The molecule has 1 aliphatic carbocycles. The Labute approximate surface area is 110 Å². The second-order valence-corrected chi connectivity index (χ2v) is 4.49. The van der Waals surface area contributed by atoms with E-state index < -0.39 is 0 Å². The summed E-state index contributed by atoms with van der Waals surface area (Å²) in [6.45, 7) is 4.22. The highest BCUT2D eigenvalue weighted by atomic mass is 127. The van der Waals surface area contributed by atoms with Gasteiger partial charge in [0.05, 0.1) is 6.54 Å². The van der Waals surface area contributed by atoms with Gasteiger partial charge in [0, 0.05) is 12.6 Å². The third-order valence-corrected chi connectivity index (χ3v) is 3.40. The van der Waals surface area contributed by atoms with Crippen molar-refractivity contribution in [3.8, 4) is 0 Å². The van der Waals surface area contributed by atoms with Gasteiger partial charge in [-0.3, -0.25) is 4.99 Å². The van der Waals surface area contributed by atoms with Crippen LogP contribution in [0.15, 0.2) is 4.99 Å². The molecule has 15 heavy (non-hydrogen) atoms. The van der Waals surface area contributed by atoms with E-state index in [1.165, 1.54) is 32.1 Å². The van der Waals surface area contributed by atoms with E-state index in [9.17, 15) is 0 Å². The molecule has 0 aromatic heterocycles.